The van der Waals surface area contributed by atoms with Gasteiger partial charge in [0.2, 0.25) is 0 Å². The van der Waals surface area contributed by atoms with Crippen LogP contribution >= 0.6 is 0 Å². The molecule has 3 heterocycles. The second kappa shape index (κ2) is 6.41. The number of carbonyl (C=O) groups excluding carboxylic acids is 1. The lowest BCUT2D eigenvalue weighted by atomic mass is 10.1. The lowest BCUT2D eigenvalue weighted by Gasteiger charge is -2.38. The third-order valence-corrected chi connectivity index (χ3v) is 4.34. The minimum absolute atomic E-state index is 0.0345. The van der Waals surface area contributed by atoms with E-state index in [1.165, 1.54) is 0 Å². The van der Waals surface area contributed by atoms with Crippen molar-refractivity contribution in [3.05, 3.63) is 30.2 Å². The van der Waals surface area contributed by atoms with Crippen molar-refractivity contribution in [3.63, 3.8) is 0 Å². The summed E-state index contributed by atoms with van der Waals surface area (Å²) in [5.74, 6) is 0.0345. The van der Waals surface area contributed by atoms with Crippen molar-refractivity contribution in [3.8, 4) is 0 Å². The summed E-state index contributed by atoms with van der Waals surface area (Å²) in [6.45, 7) is 5.24. The highest BCUT2D eigenvalue weighted by Crippen LogP contribution is 2.13. The second-order valence-electron chi connectivity index (χ2n) is 5.59. The standard InChI is InChI=1S/C15H21N5O2/c1-2-13(10-21)18-5-7-19(8-6-18)15(22)12-3-4-14-17-16-11-20(14)9-12/h3-4,9,11,13,21H,2,5-8,10H2,1H3. The lowest BCUT2D eigenvalue weighted by Crippen LogP contribution is -2.52. The zero-order valence-electron chi connectivity index (χ0n) is 12.7. The van der Waals surface area contributed by atoms with E-state index in [0.29, 0.717) is 18.7 Å². The van der Waals surface area contributed by atoms with E-state index in [0.717, 1.165) is 25.2 Å². The van der Waals surface area contributed by atoms with Gasteiger partial charge in [-0.1, -0.05) is 6.92 Å². The van der Waals surface area contributed by atoms with Crippen molar-refractivity contribution < 1.29 is 9.90 Å². The van der Waals surface area contributed by atoms with Gasteiger partial charge in [-0.05, 0) is 18.6 Å². The van der Waals surface area contributed by atoms with Crippen molar-refractivity contribution in [2.24, 2.45) is 0 Å². The molecule has 1 saturated heterocycles. The molecule has 7 heteroatoms. The Kier molecular flexibility index (Phi) is 4.35. The Morgan fingerprint density at radius 1 is 1.32 bits per heavy atom. The molecule has 1 aliphatic heterocycles. The molecule has 2 aromatic rings. The van der Waals surface area contributed by atoms with E-state index in [2.05, 4.69) is 22.0 Å². The first-order chi connectivity index (χ1) is 10.7. The molecule has 0 aromatic carbocycles. The summed E-state index contributed by atoms with van der Waals surface area (Å²) in [6.07, 6.45) is 4.29. The molecule has 7 nitrogen and oxygen atoms in total. The lowest BCUT2D eigenvalue weighted by molar-refractivity contribution is 0.0472. The van der Waals surface area contributed by atoms with Crippen LogP contribution in [0.4, 0.5) is 0 Å². The molecular weight excluding hydrogens is 282 g/mol. The van der Waals surface area contributed by atoms with Crippen LogP contribution in [0, 0.1) is 0 Å². The molecule has 1 N–H and O–H groups in total. The molecule has 3 rings (SSSR count). The minimum atomic E-state index is 0.0345. The van der Waals surface area contributed by atoms with Gasteiger partial charge in [0, 0.05) is 38.4 Å². The van der Waals surface area contributed by atoms with Crippen LogP contribution in [-0.2, 0) is 0 Å². The Labute approximate surface area is 129 Å². The Balaban J connectivity index is 1.66. The number of fused-ring (bicyclic) bond motifs is 1. The molecule has 1 fully saturated rings. The number of carbonyl (C=O) groups is 1. The van der Waals surface area contributed by atoms with Gasteiger partial charge in [0.25, 0.3) is 5.91 Å². The first-order valence-electron chi connectivity index (χ1n) is 7.66. The number of aromatic nitrogens is 3. The Morgan fingerprint density at radius 2 is 2.09 bits per heavy atom. The van der Waals surface area contributed by atoms with Crippen LogP contribution in [0.3, 0.4) is 0 Å². The maximum atomic E-state index is 12.6. The van der Waals surface area contributed by atoms with Crippen molar-refractivity contribution in [1.82, 2.24) is 24.4 Å². The van der Waals surface area contributed by atoms with Gasteiger partial charge >= 0.3 is 0 Å². The van der Waals surface area contributed by atoms with E-state index in [-0.39, 0.29) is 18.6 Å². The third kappa shape index (κ3) is 2.82. The first-order valence-corrected chi connectivity index (χ1v) is 7.66. The summed E-state index contributed by atoms with van der Waals surface area (Å²) in [5.41, 5.74) is 1.38. The van der Waals surface area contributed by atoms with Crippen LogP contribution < -0.4 is 0 Å². The number of rotatable bonds is 4. The van der Waals surface area contributed by atoms with E-state index < -0.39 is 0 Å². The van der Waals surface area contributed by atoms with Crippen LogP contribution in [-0.4, -0.2) is 74.2 Å². The Hall–Kier alpha value is -1.99. The summed E-state index contributed by atoms with van der Waals surface area (Å²) < 4.78 is 1.75. The van der Waals surface area contributed by atoms with Crippen LogP contribution in [0.15, 0.2) is 24.7 Å². The summed E-state index contributed by atoms with van der Waals surface area (Å²) in [7, 11) is 0. The number of piperazine rings is 1. The Bertz CT molecular complexity index is 644. The van der Waals surface area contributed by atoms with Crippen LogP contribution in [0.5, 0.6) is 0 Å². The highest BCUT2D eigenvalue weighted by molar-refractivity contribution is 5.94. The average molecular weight is 303 g/mol. The van der Waals surface area contributed by atoms with Crippen LogP contribution in [0.2, 0.25) is 0 Å². The quantitative estimate of drug-likeness (QED) is 0.877. The van der Waals surface area contributed by atoms with Crippen molar-refractivity contribution in [2.45, 2.75) is 19.4 Å². The predicted molar refractivity (Wildman–Crippen MR) is 81.6 cm³/mol. The van der Waals surface area contributed by atoms with Gasteiger partial charge in [0.05, 0.1) is 12.2 Å². The first kappa shape index (κ1) is 14.9. The topological polar surface area (TPSA) is 74.0 Å². The normalized spacial score (nSPS) is 17.8. The van der Waals surface area contributed by atoms with Gasteiger partial charge in [-0.2, -0.15) is 0 Å². The summed E-state index contributed by atoms with van der Waals surface area (Å²) in [6, 6.07) is 3.79. The largest absolute Gasteiger partial charge is 0.395 e. The van der Waals surface area contributed by atoms with E-state index in [1.54, 1.807) is 29.1 Å². The van der Waals surface area contributed by atoms with Crippen molar-refractivity contribution >= 4 is 11.6 Å². The van der Waals surface area contributed by atoms with Gasteiger partial charge in [0.15, 0.2) is 5.65 Å². The molecular formula is C15H21N5O2. The second-order valence-corrected chi connectivity index (χ2v) is 5.59. The van der Waals surface area contributed by atoms with Crippen molar-refractivity contribution in [1.29, 1.82) is 0 Å². The van der Waals surface area contributed by atoms with Gasteiger partial charge in [0.1, 0.15) is 6.33 Å². The fourth-order valence-electron chi connectivity index (χ4n) is 2.93. The number of hydrogen-bond donors (Lipinski definition) is 1. The number of amides is 1. The fraction of sp³-hybridized carbons (Fsp3) is 0.533. The number of aliphatic hydroxyl groups is 1. The number of nitrogens with zero attached hydrogens (tertiary/aromatic N) is 5. The monoisotopic (exact) mass is 303 g/mol. The molecule has 0 bridgehead atoms. The molecule has 22 heavy (non-hydrogen) atoms. The SMILES string of the molecule is CCC(CO)N1CCN(C(=O)c2ccc3nncn3c2)CC1. The van der Waals surface area contributed by atoms with Gasteiger partial charge in [-0.25, -0.2) is 0 Å². The zero-order chi connectivity index (χ0) is 15.5. The van der Waals surface area contributed by atoms with E-state index in [1.807, 2.05) is 4.90 Å². The van der Waals surface area contributed by atoms with Gasteiger partial charge in [-0.15, -0.1) is 10.2 Å². The molecule has 1 atom stereocenters. The third-order valence-electron chi connectivity index (χ3n) is 4.34. The average Bonchev–Trinajstić information content (AvgIpc) is 3.03. The molecule has 0 spiro atoms. The van der Waals surface area contributed by atoms with Gasteiger partial charge < -0.3 is 10.0 Å². The molecule has 1 unspecified atom stereocenters. The molecule has 0 radical (unpaired) electrons. The number of hydrogen-bond acceptors (Lipinski definition) is 5. The minimum Gasteiger partial charge on any atom is -0.395 e. The molecule has 2 aromatic heterocycles. The maximum absolute atomic E-state index is 12.6. The molecule has 0 aliphatic carbocycles. The van der Waals surface area contributed by atoms with Crippen molar-refractivity contribution in [2.75, 3.05) is 32.8 Å². The Morgan fingerprint density at radius 3 is 2.77 bits per heavy atom. The molecule has 118 valence electrons. The van der Waals surface area contributed by atoms with E-state index >= 15 is 0 Å². The summed E-state index contributed by atoms with van der Waals surface area (Å²) >= 11 is 0. The van der Waals surface area contributed by atoms with Crippen LogP contribution in [0.1, 0.15) is 23.7 Å². The van der Waals surface area contributed by atoms with Gasteiger partial charge in [-0.3, -0.25) is 14.1 Å². The number of aliphatic hydroxyl groups excluding tert-OH is 1. The smallest absolute Gasteiger partial charge is 0.255 e. The predicted octanol–water partition coefficient (Wildman–Crippen LogP) is 0.258. The zero-order valence-corrected chi connectivity index (χ0v) is 12.7. The summed E-state index contributed by atoms with van der Waals surface area (Å²) in [5, 5.41) is 17.1. The van der Waals surface area contributed by atoms with E-state index in [9.17, 15) is 9.90 Å². The highest BCUT2D eigenvalue weighted by Gasteiger charge is 2.25. The van der Waals surface area contributed by atoms with Crippen LogP contribution in [0.25, 0.3) is 5.65 Å². The molecule has 1 amide bonds. The number of pyridine rings is 1. The summed E-state index contributed by atoms with van der Waals surface area (Å²) in [4.78, 5) is 16.7. The molecule has 1 aliphatic rings. The maximum Gasteiger partial charge on any atom is 0.255 e. The molecule has 0 saturated carbocycles. The fourth-order valence-corrected chi connectivity index (χ4v) is 2.93. The van der Waals surface area contributed by atoms with E-state index in [4.69, 9.17) is 0 Å². The highest BCUT2D eigenvalue weighted by atomic mass is 16.3.